The van der Waals surface area contributed by atoms with Crippen molar-refractivity contribution in [1.82, 2.24) is 5.32 Å². The van der Waals surface area contributed by atoms with Crippen LogP contribution in [0.3, 0.4) is 0 Å². The lowest BCUT2D eigenvalue weighted by molar-refractivity contribution is 0.0362. The minimum absolute atomic E-state index is 0.688. The van der Waals surface area contributed by atoms with Gasteiger partial charge >= 0.3 is 0 Å². The van der Waals surface area contributed by atoms with E-state index in [0.717, 1.165) is 25.0 Å². The Morgan fingerprint density at radius 1 is 1.31 bits per heavy atom. The molecule has 0 spiro atoms. The SMILES string of the molecule is CNC(CC1CCSCC1)C1CCCOC1. The minimum Gasteiger partial charge on any atom is -0.381 e. The molecule has 94 valence electrons. The van der Waals surface area contributed by atoms with Crippen molar-refractivity contribution in [1.29, 1.82) is 0 Å². The van der Waals surface area contributed by atoms with Crippen LogP contribution in [0.4, 0.5) is 0 Å². The number of ether oxygens (including phenoxy) is 1. The predicted molar refractivity (Wildman–Crippen MR) is 71.1 cm³/mol. The van der Waals surface area contributed by atoms with Crippen LogP contribution in [0.2, 0.25) is 0 Å². The zero-order chi connectivity index (χ0) is 11.2. The van der Waals surface area contributed by atoms with Crippen LogP contribution in [-0.4, -0.2) is 37.8 Å². The molecule has 0 aliphatic carbocycles. The second-order valence-electron chi connectivity index (χ2n) is 5.16. The summed E-state index contributed by atoms with van der Waals surface area (Å²) in [6.45, 7) is 1.96. The van der Waals surface area contributed by atoms with E-state index in [1.165, 1.54) is 43.6 Å². The highest BCUT2D eigenvalue weighted by atomic mass is 32.2. The summed E-state index contributed by atoms with van der Waals surface area (Å²) in [6, 6.07) is 0.688. The predicted octanol–water partition coefficient (Wildman–Crippen LogP) is 2.53. The van der Waals surface area contributed by atoms with Crippen molar-refractivity contribution < 1.29 is 4.74 Å². The molecule has 3 heteroatoms. The van der Waals surface area contributed by atoms with Gasteiger partial charge in [0.2, 0.25) is 0 Å². The molecule has 1 N–H and O–H groups in total. The molecular formula is C13H25NOS. The number of hydrogen-bond donors (Lipinski definition) is 1. The third kappa shape index (κ3) is 3.64. The summed E-state index contributed by atoms with van der Waals surface area (Å²) in [5, 5.41) is 3.53. The van der Waals surface area contributed by atoms with E-state index in [4.69, 9.17) is 4.74 Å². The van der Waals surface area contributed by atoms with Crippen LogP contribution in [0.25, 0.3) is 0 Å². The standard InChI is InChI=1S/C13H25NOS/c1-14-13(12-3-2-6-15-10-12)9-11-4-7-16-8-5-11/h11-14H,2-10H2,1H3. The molecule has 2 rings (SSSR count). The summed E-state index contributed by atoms with van der Waals surface area (Å²) in [6.07, 6.45) is 6.83. The first-order chi connectivity index (χ1) is 7.90. The smallest absolute Gasteiger partial charge is 0.0509 e. The zero-order valence-corrected chi connectivity index (χ0v) is 11.2. The summed E-state index contributed by atoms with van der Waals surface area (Å²) >= 11 is 2.12. The van der Waals surface area contributed by atoms with Crippen molar-refractivity contribution in [3.05, 3.63) is 0 Å². The molecule has 0 aromatic carbocycles. The van der Waals surface area contributed by atoms with Crippen molar-refractivity contribution in [2.45, 2.75) is 38.1 Å². The van der Waals surface area contributed by atoms with E-state index in [9.17, 15) is 0 Å². The Balaban J connectivity index is 1.78. The highest BCUT2D eigenvalue weighted by Gasteiger charge is 2.26. The molecule has 0 bridgehead atoms. The Kier molecular flexibility index (Phi) is 5.46. The van der Waals surface area contributed by atoms with Gasteiger partial charge in [-0.1, -0.05) is 0 Å². The second-order valence-corrected chi connectivity index (χ2v) is 6.39. The maximum Gasteiger partial charge on any atom is 0.0509 e. The van der Waals surface area contributed by atoms with Crippen LogP contribution in [0.15, 0.2) is 0 Å². The molecule has 0 saturated carbocycles. The largest absolute Gasteiger partial charge is 0.381 e. The van der Waals surface area contributed by atoms with Gasteiger partial charge in [-0.15, -0.1) is 0 Å². The first-order valence-corrected chi connectivity index (χ1v) is 7.88. The van der Waals surface area contributed by atoms with Crippen LogP contribution in [-0.2, 0) is 4.74 Å². The molecule has 2 unspecified atom stereocenters. The molecule has 2 aliphatic rings. The van der Waals surface area contributed by atoms with E-state index in [1.54, 1.807) is 0 Å². The summed E-state index contributed by atoms with van der Waals surface area (Å²) in [7, 11) is 2.12. The van der Waals surface area contributed by atoms with Crippen LogP contribution in [0.1, 0.15) is 32.1 Å². The number of hydrogen-bond acceptors (Lipinski definition) is 3. The highest BCUT2D eigenvalue weighted by Crippen LogP contribution is 2.29. The Morgan fingerprint density at radius 2 is 2.12 bits per heavy atom. The molecule has 2 heterocycles. The van der Waals surface area contributed by atoms with Gasteiger partial charge in [-0.3, -0.25) is 0 Å². The zero-order valence-electron chi connectivity index (χ0n) is 10.4. The van der Waals surface area contributed by atoms with Crippen LogP contribution < -0.4 is 5.32 Å². The van der Waals surface area contributed by atoms with Gasteiger partial charge in [0.1, 0.15) is 0 Å². The minimum atomic E-state index is 0.688. The van der Waals surface area contributed by atoms with Crippen molar-refractivity contribution in [2.24, 2.45) is 11.8 Å². The van der Waals surface area contributed by atoms with Gasteiger partial charge in [0.15, 0.2) is 0 Å². The Bertz CT molecular complexity index is 188. The number of rotatable bonds is 4. The monoisotopic (exact) mass is 243 g/mol. The topological polar surface area (TPSA) is 21.3 Å². The number of nitrogens with one attached hydrogen (secondary N) is 1. The Labute approximate surface area is 104 Å². The van der Waals surface area contributed by atoms with E-state index in [1.807, 2.05) is 0 Å². The van der Waals surface area contributed by atoms with E-state index in [2.05, 4.69) is 24.1 Å². The van der Waals surface area contributed by atoms with E-state index < -0.39 is 0 Å². The fraction of sp³-hybridized carbons (Fsp3) is 1.00. The maximum atomic E-state index is 5.61. The van der Waals surface area contributed by atoms with Gasteiger partial charge in [0.25, 0.3) is 0 Å². The summed E-state index contributed by atoms with van der Waals surface area (Å²) in [4.78, 5) is 0. The number of thioether (sulfide) groups is 1. The summed E-state index contributed by atoms with van der Waals surface area (Å²) in [5.74, 6) is 4.47. The first-order valence-electron chi connectivity index (χ1n) is 6.73. The average Bonchev–Trinajstić information content (AvgIpc) is 2.38. The van der Waals surface area contributed by atoms with Gasteiger partial charge in [-0.25, -0.2) is 0 Å². The van der Waals surface area contributed by atoms with Crippen molar-refractivity contribution >= 4 is 11.8 Å². The molecule has 2 aliphatic heterocycles. The van der Waals surface area contributed by atoms with E-state index in [0.29, 0.717) is 6.04 Å². The molecule has 2 atom stereocenters. The molecule has 2 saturated heterocycles. The lowest BCUT2D eigenvalue weighted by atomic mass is 9.85. The van der Waals surface area contributed by atoms with Gasteiger partial charge in [-0.2, -0.15) is 11.8 Å². The molecule has 2 nitrogen and oxygen atoms in total. The van der Waals surface area contributed by atoms with Crippen LogP contribution >= 0.6 is 11.8 Å². The average molecular weight is 243 g/mol. The molecule has 0 aromatic heterocycles. The third-order valence-electron chi connectivity index (χ3n) is 4.06. The fourth-order valence-electron chi connectivity index (χ4n) is 2.97. The van der Waals surface area contributed by atoms with Gasteiger partial charge < -0.3 is 10.1 Å². The van der Waals surface area contributed by atoms with Crippen molar-refractivity contribution in [2.75, 3.05) is 31.8 Å². The third-order valence-corrected chi connectivity index (χ3v) is 5.11. The second kappa shape index (κ2) is 6.87. The Morgan fingerprint density at radius 3 is 2.75 bits per heavy atom. The molecule has 0 aromatic rings. The van der Waals surface area contributed by atoms with Crippen LogP contribution in [0.5, 0.6) is 0 Å². The normalized spacial score (nSPS) is 30.2. The lowest BCUT2D eigenvalue weighted by Gasteiger charge is -2.33. The molecular weight excluding hydrogens is 218 g/mol. The van der Waals surface area contributed by atoms with E-state index >= 15 is 0 Å². The fourth-order valence-corrected chi connectivity index (χ4v) is 4.17. The quantitative estimate of drug-likeness (QED) is 0.820. The van der Waals surface area contributed by atoms with Crippen LogP contribution in [0, 0.1) is 11.8 Å². The van der Waals surface area contributed by atoms with Gasteiger partial charge in [0, 0.05) is 12.6 Å². The van der Waals surface area contributed by atoms with Crippen molar-refractivity contribution in [3.8, 4) is 0 Å². The molecule has 16 heavy (non-hydrogen) atoms. The highest BCUT2D eigenvalue weighted by molar-refractivity contribution is 7.99. The van der Waals surface area contributed by atoms with Crippen molar-refractivity contribution in [3.63, 3.8) is 0 Å². The molecule has 0 amide bonds. The molecule has 0 radical (unpaired) electrons. The maximum absolute atomic E-state index is 5.61. The van der Waals surface area contributed by atoms with Gasteiger partial charge in [-0.05, 0) is 62.5 Å². The molecule has 2 fully saturated rings. The first kappa shape index (κ1) is 12.7. The summed E-state index contributed by atoms with van der Waals surface area (Å²) in [5.41, 5.74) is 0. The van der Waals surface area contributed by atoms with Gasteiger partial charge in [0.05, 0.1) is 6.61 Å². The Hall–Kier alpha value is 0.270. The van der Waals surface area contributed by atoms with E-state index in [-0.39, 0.29) is 0 Å². The lowest BCUT2D eigenvalue weighted by Crippen LogP contribution is -2.40. The summed E-state index contributed by atoms with van der Waals surface area (Å²) < 4.78 is 5.61.